The van der Waals surface area contributed by atoms with Gasteiger partial charge in [-0.15, -0.1) is 5.10 Å². The number of amides is 1. The van der Waals surface area contributed by atoms with E-state index in [0.717, 1.165) is 11.3 Å². The lowest BCUT2D eigenvalue weighted by Gasteiger charge is -2.07. The highest BCUT2D eigenvalue weighted by Crippen LogP contribution is 2.20. The minimum atomic E-state index is -0.200. The van der Waals surface area contributed by atoms with E-state index in [9.17, 15) is 4.79 Å². The van der Waals surface area contributed by atoms with E-state index in [-0.39, 0.29) is 11.7 Å². The van der Waals surface area contributed by atoms with Crippen LogP contribution in [0, 0.1) is 6.92 Å². The molecule has 3 rings (SSSR count). The van der Waals surface area contributed by atoms with E-state index in [1.807, 2.05) is 31.2 Å². The van der Waals surface area contributed by atoms with Gasteiger partial charge in [0, 0.05) is 6.20 Å². The first-order chi connectivity index (χ1) is 11.6. The number of tetrazole rings is 1. The Hall–Kier alpha value is -2.45. The third kappa shape index (κ3) is 3.90. The third-order valence-corrected chi connectivity index (χ3v) is 4.25. The molecule has 3 aromatic rings. The summed E-state index contributed by atoms with van der Waals surface area (Å²) in [6, 6.07) is 11.1. The summed E-state index contributed by atoms with van der Waals surface area (Å²) in [6.45, 7) is 1.98. The number of hydrogen-bond acceptors (Lipinski definition) is 6. The first-order valence-corrected chi connectivity index (χ1v) is 8.38. The van der Waals surface area contributed by atoms with Crippen molar-refractivity contribution in [2.45, 2.75) is 12.1 Å². The molecule has 1 aromatic carbocycles. The molecule has 24 heavy (non-hydrogen) atoms. The number of nitrogens with zero attached hydrogens (tertiary/aromatic N) is 5. The number of hydrogen-bond donors (Lipinski definition) is 1. The Kier molecular flexibility index (Phi) is 5.07. The maximum absolute atomic E-state index is 12.0. The van der Waals surface area contributed by atoms with E-state index in [0.29, 0.717) is 16.0 Å². The van der Waals surface area contributed by atoms with Crippen LogP contribution in [0.2, 0.25) is 5.02 Å². The fourth-order valence-electron chi connectivity index (χ4n) is 1.98. The van der Waals surface area contributed by atoms with Gasteiger partial charge in [-0.1, -0.05) is 41.6 Å². The van der Waals surface area contributed by atoms with E-state index in [1.54, 1.807) is 16.8 Å². The second-order valence-electron chi connectivity index (χ2n) is 4.86. The SMILES string of the molecule is Cc1ccccc1-n1nnnc1SCC(=O)Nc1ccc(Cl)cn1. The average Bonchev–Trinajstić information content (AvgIpc) is 3.04. The van der Waals surface area contributed by atoms with Gasteiger partial charge in [-0.2, -0.15) is 4.68 Å². The lowest BCUT2D eigenvalue weighted by molar-refractivity contribution is -0.113. The van der Waals surface area contributed by atoms with Crippen LogP contribution in [0.25, 0.3) is 5.69 Å². The normalized spacial score (nSPS) is 10.6. The van der Waals surface area contributed by atoms with Crippen molar-refractivity contribution in [3.8, 4) is 5.69 Å². The van der Waals surface area contributed by atoms with E-state index < -0.39 is 0 Å². The monoisotopic (exact) mass is 360 g/mol. The van der Waals surface area contributed by atoms with Crippen molar-refractivity contribution in [1.29, 1.82) is 0 Å². The van der Waals surface area contributed by atoms with E-state index in [4.69, 9.17) is 11.6 Å². The molecule has 0 aliphatic heterocycles. The number of halogens is 1. The first kappa shape index (κ1) is 16.4. The molecule has 0 unspecified atom stereocenters. The zero-order valence-corrected chi connectivity index (χ0v) is 14.3. The topological polar surface area (TPSA) is 85.6 Å². The van der Waals surface area contributed by atoms with Crippen molar-refractivity contribution in [3.05, 3.63) is 53.2 Å². The molecule has 0 bridgehead atoms. The van der Waals surface area contributed by atoms with Crippen LogP contribution in [-0.4, -0.2) is 36.9 Å². The van der Waals surface area contributed by atoms with Crippen molar-refractivity contribution in [2.24, 2.45) is 0 Å². The van der Waals surface area contributed by atoms with Crippen molar-refractivity contribution in [2.75, 3.05) is 11.1 Å². The maximum atomic E-state index is 12.0. The third-order valence-electron chi connectivity index (χ3n) is 3.11. The van der Waals surface area contributed by atoms with E-state index >= 15 is 0 Å². The highest BCUT2D eigenvalue weighted by atomic mass is 35.5. The average molecular weight is 361 g/mol. The number of carbonyl (C=O) groups is 1. The number of para-hydroxylation sites is 1. The van der Waals surface area contributed by atoms with Crippen LogP contribution in [0.15, 0.2) is 47.8 Å². The number of benzene rings is 1. The summed E-state index contributed by atoms with van der Waals surface area (Å²) in [4.78, 5) is 16.0. The van der Waals surface area contributed by atoms with Crippen LogP contribution in [0.1, 0.15) is 5.56 Å². The summed E-state index contributed by atoms with van der Waals surface area (Å²) in [5, 5.41) is 15.4. The highest BCUT2D eigenvalue weighted by molar-refractivity contribution is 7.99. The van der Waals surface area contributed by atoms with Crippen molar-refractivity contribution >= 4 is 35.1 Å². The van der Waals surface area contributed by atoms with Crippen molar-refractivity contribution < 1.29 is 4.79 Å². The number of thioether (sulfide) groups is 1. The Balaban J connectivity index is 1.65. The molecular weight excluding hydrogens is 348 g/mol. The number of aromatic nitrogens is 5. The number of carbonyl (C=O) groups excluding carboxylic acids is 1. The number of anilines is 1. The summed E-state index contributed by atoms with van der Waals surface area (Å²) in [5.41, 5.74) is 1.92. The van der Waals surface area contributed by atoms with Gasteiger partial charge in [0.15, 0.2) is 0 Å². The Labute approximate surface area is 147 Å². The Morgan fingerprint density at radius 2 is 2.12 bits per heavy atom. The minimum Gasteiger partial charge on any atom is -0.310 e. The molecule has 7 nitrogen and oxygen atoms in total. The highest BCUT2D eigenvalue weighted by Gasteiger charge is 2.13. The molecule has 2 heterocycles. The standard InChI is InChI=1S/C15H13ClN6OS/c1-10-4-2-3-5-12(10)22-15(19-20-21-22)24-9-14(23)18-13-7-6-11(16)8-17-13/h2-8H,9H2,1H3,(H,17,18,23). The number of rotatable bonds is 5. The van der Waals surface area contributed by atoms with Gasteiger partial charge < -0.3 is 5.32 Å². The molecule has 1 amide bonds. The number of aryl methyl sites for hydroxylation is 1. The summed E-state index contributed by atoms with van der Waals surface area (Å²) in [6.07, 6.45) is 1.48. The van der Waals surface area contributed by atoms with Crippen molar-refractivity contribution in [3.63, 3.8) is 0 Å². The van der Waals surface area contributed by atoms with Crippen molar-refractivity contribution in [1.82, 2.24) is 25.2 Å². The molecule has 0 aliphatic carbocycles. The van der Waals surface area contributed by atoms with Gasteiger partial charge in [0.2, 0.25) is 11.1 Å². The quantitative estimate of drug-likeness (QED) is 0.704. The molecule has 0 spiro atoms. The zero-order chi connectivity index (χ0) is 16.9. The lowest BCUT2D eigenvalue weighted by atomic mass is 10.2. The van der Waals surface area contributed by atoms with Gasteiger partial charge in [0.25, 0.3) is 0 Å². The van der Waals surface area contributed by atoms with Gasteiger partial charge in [0.05, 0.1) is 16.5 Å². The second-order valence-corrected chi connectivity index (χ2v) is 6.24. The van der Waals surface area contributed by atoms with Crippen LogP contribution >= 0.6 is 23.4 Å². The molecule has 0 aliphatic rings. The Morgan fingerprint density at radius 1 is 1.29 bits per heavy atom. The molecular formula is C15H13ClN6OS. The number of pyridine rings is 1. The van der Waals surface area contributed by atoms with Gasteiger partial charge in [-0.3, -0.25) is 4.79 Å². The molecule has 122 valence electrons. The van der Waals surface area contributed by atoms with Crippen LogP contribution in [-0.2, 0) is 4.79 Å². The molecule has 9 heteroatoms. The summed E-state index contributed by atoms with van der Waals surface area (Å²) >= 11 is 7.01. The smallest absolute Gasteiger partial charge is 0.236 e. The Morgan fingerprint density at radius 3 is 2.88 bits per heavy atom. The van der Waals surface area contributed by atoms with Gasteiger partial charge >= 0.3 is 0 Å². The predicted octanol–water partition coefficient (Wildman–Crippen LogP) is 2.75. The van der Waals surface area contributed by atoms with Crippen LogP contribution in [0.3, 0.4) is 0 Å². The van der Waals surface area contributed by atoms with Crippen LogP contribution in [0.5, 0.6) is 0 Å². The lowest BCUT2D eigenvalue weighted by Crippen LogP contribution is -2.15. The molecule has 0 saturated heterocycles. The predicted molar refractivity (Wildman–Crippen MR) is 92.5 cm³/mol. The molecule has 1 N–H and O–H groups in total. The number of nitrogens with one attached hydrogen (secondary N) is 1. The zero-order valence-electron chi connectivity index (χ0n) is 12.7. The first-order valence-electron chi connectivity index (χ1n) is 7.02. The van der Waals surface area contributed by atoms with Crippen LogP contribution < -0.4 is 5.32 Å². The molecule has 2 aromatic heterocycles. The minimum absolute atomic E-state index is 0.163. The summed E-state index contributed by atoms with van der Waals surface area (Å²) < 4.78 is 1.62. The second kappa shape index (κ2) is 7.41. The van der Waals surface area contributed by atoms with Gasteiger partial charge in [-0.05, 0) is 41.1 Å². The molecule has 0 atom stereocenters. The largest absolute Gasteiger partial charge is 0.310 e. The Bertz CT molecular complexity index is 851. The van der Waals surface area contributed by atoms with E-state index in [1.165, 1.54) is 18.0 Å². The molecule has 0 fully saturated rings. The summed E-state index contributed by atoms with van der Waals surface area (Å²) in [5.74, 6) is 0.411. The fourth-order valence-corrected chi connectivity index (χ4v) is 2.78. The molecule has 0 saturated carbocycles. The molecule has 0 radical (unpaired) electrons. The van der Waals surface area contributed by atoms with Gasteiger partial charge in [0.1, 0.15) is 5.82 Å². The fraction of sp³-hybridized carbons (Fsp3) is 0.133. The maximum Gasteiger partial charge on any atom is 0.236 e. The van der Waals surface area contributed by atoms with E-state index in [2.05, 4.69) is 25.8 Å². The van der Waals surface area contributed by atoms with Crippen LogP contribution in [0.4, 0.5) is 5.82 Å². The van der Waals surface area contributed by atoms with Gasteiger partial charge in [-0.25, -0.2) is 4.98 Å². The summed E-state index contributed by atoms with van der Waals surface area (Å²) in [7, 11) is 0.